The fraction of sp³-hybridized carbons (Fsp3) is 0.582. The van der Waals surface area contributed by atoms with Crippen LogP contribution in [-0.2, 0) is 124 Å². The van der Waals surface area contributed by atoms with E-state index in [0.29, 0.717) is 113 Å². The molecule has 12 rings (SSSR count). The van der Waals surface area contributed by atoms with E-state index in [2.05, 4.69) is 51.6 Å². The molecule has 8 saturated heterocycles. The van der Waals surface area contributed by atoms with Gasteiger partial charge in [0.2, 0.25) is 47.3 Å². The number of allylic oxidation sites excluding steroid dienone is 2. The molecule has 0 aromatic heterocycles. The van der Waals surface area contributed by atoms with Crippen LogP contribution in [0.25, 0.3) is 12.2 Å². The Morgan fingerprint density at radius 1 is 0.295 bits per heavy atom. The third kappa shape index (κ3) is 48.6. The molecule has 36 heteroatoms. The molecule has 0 saturated carbocycles. The largest absolute Gasteiger partial charge is 0.460 e. The molecule has 0 spiro atoms. The molecule has 8 atom stereocenters. The standard InChI is InChI=1S/C17H23NO2.C15H22N2O3.C15H19NO2.C14H23NO4.C13H18N2O3.C13H21NO4.C12H19NO4.C11H17NO4/c1-15(18-13-7-3-6-12-17(18)19)20-14-8-11-16-9-4-2-5-10-16;1-12-7-8-15(19)16(12)10-11-20-13(2)17-9-5-3-4-6-14(17)18;1-13(16-11-5-10-15(16)17)18-12-6-9-14-7-3-2-4-8-14;1-11(2)14(17)19-10-9-18-12(3)15-8-6-4-5-7-13(15)16;1-10-5-6-13(17)14(10)8-9-18-11(2)15-7-3-4-12(15)16;1-3-13(16)18-10-9-17-11(2)14-8-6-4-5-7-12(14)15;1-9(2)12(15)17-8-7-16-10(3)13-6-4-5-11(13)14;1-3-11(14)16-8-7-15-9(2)12-6-4-5-10(12)13/h2,4-5,8-11,15H,3,6-7,12-14H2,1H3;7-8,13H,1,3-6,9-11H2,2H3;2-4,6-9,13H,5,10-12H2,1H3;12H,1,4-10H2,2-3H3;5-6,11H,1,3-4,7-9H2,2H3;3,11H,1,4-10H2,2H3;10H,1,4-8H2,2-3H3;3,9H,1,4-8H2,2H3/b11-8+;;9-6+;;;;;. The number of benzene rings is 2. The molecular formula is C110H162N10O26. The first-order valence-corrected chi connectivity index (χ1v) is 51.4. The number of ether oxygens (including phenoxy) is 12. The van der Waals surface area contributed by atoms with Crippen molar-refractivity contribution in [1.29, 1.82) is 0 Å². The first kappa shape index (κ1) is 125. The second kappa shape index (κ2) is 71.6. The van der Waals surface area contributed by atoms with Gasteiger partial charge in [-0.1, -0.05) is 150 Å². The summed E-state index contributed by atoms with van der Waals surface area (Å²) in [7, 11) is 0. The Morgan fingerprint density at radius 3 is 0.740 bits per heavy atom. The highest BCUT2D eigenvalue weighted by atomic mass is 16.6. The Labute approximate surface area is 864 Å². The molecule has 0 aliphatic carbocycles. The maximum absolute atomic E-state index is 11.9. The number of esters is 4. The molecule has 808 valence electrons. The summed E-state index contributed by atoms with van der Waals surface area (Å²) in [6.07, 6.45) is 35.9. The monoisotopic (exact) mass is 2040 g/mol. The Morgan fingerprint density at radius 2 is 0.521 bits per heavy atom. The quantitative estimate of drug-likeness (QED) is 0.0257. The number of rotatable bonds is 44. The molecule has 2 aromatic rings. The summed E-state index contributed by atoms with van der Waals surface area (Å²) in [6, 6.07) is 20.2. The van der Waals surface area contributed by atoms with Gasteiger partial charge in [-0.15, -0.1) is 0 Å². The lowest BCUT2D eigenvalue weighted by Gasteiger charge is -2.28. The summed E-state index contributed by atoms with van der Waals surface area (Å²) < 4.78 is 63.9. The highest BCUT2D eigenvalue weighted by Gasteiger charge is 2.33. The summed E-state index contributed by atoms with van der Waals surface area (Å²) in [5, 5.41) is 0. The van der Waals surface area contributed by atoms with Gasteiger partial charge < -0.3 is 106 Å². The molecule has 10 heterocycles. The first-order chi connectivity index (χ1) is 70.1. The second-order valence-corrected chi connectivity index (χ2v) is 35.9. The fourth-order valence-corrected chi connectivity index (χ4v) is 16.3. The smallest absolute Gasteiger partial charge is 0.333 e. The van der Waals surface area contributed by atoms with Crippen LogP contribution in [0.4, 0.5) is 0 Å². The van der Waals surface area contributed by atoms with E-state index in [1.807, 2.05) is 133 Å². The van der Waals surface area contributed by atoms with E-state index in [-0.39, 0.29) is 162 Å². The summed E-state index contributed by atoms with van der Waals surface area (Å²) in [5.74, 6) is -0.614. The van der Waals surface area contributed by atoms with Crippen molar-refractivity contribution in [3.63, 3.8) is 0 Å². The maximum Gasteiger partial charge on any atom is 0.333 e. The number of carbonyl (C=O) groups excluding carboxylic acids is 14. The van der Waals surface area contributed by atoms with Crippen LogP contribution in [0.1, 0.15) is 234 Å². The number of likely N-dealkylation sites (tertiary alicyclic amines) is 8. The SMILES string of the molecule is C=C(C)C(=O)OCCOC(C)N1CCCC1=O.C=C(C)C(=O)OCCOC(C)N1CCCCCC1=O.C=C1C=CC(=O)N1CCOC(C)N1CCCC1=O.C=C1C=CC(=O)N1CCOC(C)N1CCCCCC1=O.C=CC(=O)OCCOC(C)N1CCCC1=O.C=CC(=O)OCCOC(C)N1CCCCCC1=O.CC(OC/C=C/c1ccccc1)N1CCCC1=O.CC(OC/C=C/c1ccccc1)N1CCCCCC1=O. The summed E-state index contributed by atoms with van der Waals surface area (Å²) >= 11 is 0. The Kier molecular flexibility index (Phi) is 61.1. The van der Waals surface area contributed by atoms with Gasteiger partial charge in [0.05, 0.1) is 52.9 Å². The van der Waals surface area contributed by atoms with Crippen LogP contribution in [-0.4, -0.2) is 327 Å². The van der Waals surface area contributed by atoms with Gasteiger partial charge in [-0.25, -0.2) is 19.2 Å². The molecular weight excluding hydrogens is 1880 g/mol. The Balaban J connectivity index is 0.000000294. The lowest BCUT2D eigenvalue weighted by molar-refractivity contribution is -0.150. The van der Waals surface area contributed by atoms with Crippen molar-refractivity contribution in [3.05, 3.63) is 182 Å². The highest BCUT2D eigenvalue weighted by Crippen LogP contribution is 2.24. The zero-order valence-corrected chi connectivity index (χ0v) is 88.0. The predicted molar refractivity (Wildman–Crippen MR) is 553 cm³/mol. The molecule has 10 aliphatic heterocycles. The van der Waals surface area contributed by atoms with Crippen LogP contribution < -0.4 is 0 Å². The van der Waals surface area contributed by atoms with Crippen LogP contribution in [0, 0.1) is 0 Å². The van der Waals surface area contributed by atoms with Crippen molar-refractivity contribution in [3.8, 4) is 0 Å². The van der Waals surface area contributed by atoms with Crippen molar-refractivity contribution < 1.29 is 124 Å². The fourth-order valence-electron chi connectivity index (χ4n) is 16.3. The third-order valence-corrected chi connectivity index (χ3v) is 24.6. The van der Waals surface area contributed by atoms with Gasteiger partial charge in [0.25, 0.3) is 11.8 Å². The summed E-state index contributed by atoms with van der Waals surface area (Å²) in [6.45, 7) is 50.1. The normalized spacial score (nSPS) is 18.7. The van der Waals surface area contributed by atoms with Gasteiger partial charge >= 0.3 is 23.9 Å². The Bertz CT molecular complexity index is 4580. The van der Waals surface area contributed by atoms with Gasteiger partial charge in [0.15, 0.2) is 0 Å². The van der Waals surface area contributed by atoms with Crippen molar-refractivity contribution >= 4 is 95.1 Å². The average molecular weight is 2040 g/mol. The van der Waals surface area contributed by atoms with Gasteiger partial charge in [-0.2, -0.15) is 0 Å². The average Bonchev–Trinajstić information content (AvgIpc) is 1.73. The minimum Gasteiger partial charge on any atom is -0.460 e. The highest BCUT2D eigenvalue weighted by molar-refractivity contribution is 5.94. The Hall–Kier alpha value is -11.9. The topological polar surface area (TPSA) is 382 Å². The van der Waals surface area contributed by atoms with E-state index in [9.17, 15) is 67.1 Å². The third-order valence-electron chi connectivity index (χ3n) is 24.6. The number of carbonyl (C=O) groups is 14. The van der Waals surface area contributed by atoms with Gasteiger partial charge in [0.1, 0.15) is 76.3 Å². The molecule has 2 aromatic carbocycles. The van der Waals surface area contributed by atoms with Gasteiger partial charge in [-0.3, -0.25) is 47.9 Å². The molecule has 10 aliphatic rings. The van der Waals surface area contributed by atoms with Gasteiger partial charge in [-0.05, 0) is 170 Å². The molecule has 8 unspecified atom stereocenters. The zero-order chi connectivity index (χ0) is 107. The van der Waals surface area contributed by atoms with Crippen LogP contribution >= 0.6 is 0 Å². The number of hydrogen-bond acceptors (Lipinski definition) is 26. The predicted octanol–water partition coefficient (Wildman–Crippen LogP) is 13.8. The molecule has 0 radical (unpaired) electrons. The van der Waals surface area contributed by atoms with Crippen molar-refractivity contribution in [2.75, 3.05) is 145 Å². The summed E-state index contributed by atoms with van der Waals surface area (Å²) in [5.41, 5.74) is 4.44. The van der Waals surface area contributed by atoms with Crippen LogP contribution in [0.15, 0.2) is 171 Å². The summed E-state index contributed by atoms with van der Waals surface area (Å²) in [4.78, 5) is 177. The van der Waals surface area contributed by atoms with E-state index in [1.54, 1.807) is 70.1 Å². The van der Waals surface area contributed by atoms with Crippen LogP contribution in [0.2, 0.25) is 0 Å². The molecule has 146 heavy (non-hydrogen) atoms. The molecule has 10 amide bonds. The van der Waals surface area contributed by atoms with E-state index < -0.39 is 23.9 Å². The van der Waals surface area contributed by atoms with Crippen molar-refractivity contribution in [2.45, 2.75) is 273 Å². The molecule has 8 fully saturated rings. The minimum atomic E-state index is -0.464. The maximum atomic E-state index is 11.9. The second-order valence-electron chi connectivity index (χ2n) is 35.9. The molecule has 36 nitrogen and oxygen atoms in total. The van der Waals surface area contributed by atoms with Crippen LogP contribution in [0.5, 0.6) is 0 Å². The van der Waals surface area contributed by atoms with Crippen LogP contribution in [0.3, 0.4) is 0 Å². The zero-order valence-electron chi connectivity index (χ0n) is 88.0. The van der Waals surface area contributed by atoms with Crippen molar-refractivity contribution in [2.24, 2.45) is 0 Å². The van der Waals surface area contributed by atoms with E-state index in [0.717, 1.165) is 178 Å². The number of nitrogens with zero attached hydrogens (tertiary/aromatic N) is 10. The van der Waals surface area contributed by atoms with Crippen molar-refractivity contribution in [1.82, 2.24) is 49.0 Å². The van der Waals surface area contributed by atoms with E-state index in [4.69, 9.17) is 56.8 Å². The number of amides is 10. The number of hydrogen-bond donors (Lipinski definition) is 0. The van der Waals surface area contributed by atoms with E-state index >= 15 is 0 Å². The minimum absolute atomic E-state index is 0.0582. The molecule has 0 bridgehead atoms. The lowest BCUT2D eigenvalue weighted by Crippen LogP contribution is -2.41. The first-order valence-electron chi connectivity index (χ1n) is 51.4. The van der Waals surface area contributed by atoms with Gasteiger partial charge in [0, 0.05) is 164 Å². The lowest BCUT2D eigenvalue weighted by atomic mass is 10.2. The molecule has 0 N–H and O–H groups in total. The van der Waals surface area contributed by atoms with E-state index in [1.165, 1.54) is 12.2 Å².